The van der Waals surface area contributed by atoms with Crippen LogP contribution in [0.4, 0.5) is 10.1 Å². The summed E-state index contributed by atoms with van der Waals surface area (Å²) >= 11 is 0. The Bertz CT molecular complexity index is 1330. The molecule has 8 nitrogen and oxygen atoms in total. The molecule has 0 bridgehead atoms. The lowest BCUT2D eigenvalue weighted by molar-refractivity contribution is -0.143. The van der Waals surface area contributed by atoms with Gasteiger partial charge in [0.1, 0.15) is 11.6 Å². The van der Waals surface area contributed by atoms with Crippen molar-refractivity contribution < 1.29 is 28.6 Å². The highest BCUT2D eigenvalue weighted by molar-refractivity contribution is 5.95. The smallest absolute Gasteiger partial charge is 0.308 e. The van der Waals surface area contributed by atoms with Crippen LogP contribution >= 0.6 is 0 Å². The van der Waals surface area contributed by atoms with E-state index in [2.05, 4.69) is 19.9 Å². The third kappa shape index (κ3) is 7.42. The van der Waals surface area contributed by atoms with Crippen LogP contribution in [0.1, 0.15) is 82.4 Å². The van der Waals surface area contributed by atoms with Gasteiger partial charge in [-0.1, -0.05) is 38.8 Å². The Morgan fingerprint density at radius 2 is 1.82 bits per heavy atom. The zero-order valence-corrected chi connectivity index (χ0v) is 26.9. The summed E-state index contributed by atoms with van der Waals surface area (Å²) in [6.45, 7) is 11.3. The Balaban J connectivity index is 1.70. The Kier molecular flexibility index (Phi) is 11.4. The largest absolute Gasteiger partial charge is 0.493 e. The van der Waals surface area contributed by atoms with Gasteiger partial charge in [-0.05, 0) is 74.1 Å². The second-order valence-electron chi connectivity index (χ2n) is 12.2. The number of ether oxygens (including phenoxy) is 1. The highest BCUT2D eigenvalue weighted by atomic mass is 19.1. The molecule has 9 heteroatoms. The number of aryl methyl sites for hydroxylation is 1. The summed E-state index contributed by atoms with van der Waals surface area (Å²) in [5, 5.41) is 10.6. The van der Waals surface area contributed by atoms with Crippen LogP contribution in [0.15, 0.2) is 36.4 Å². The molecule has 3 atom stereocenters. The van der Waals surface area contributed by atoms with Gasteiger partial charge in [-0.25, -0.2) is 4.39 Å². The number of carboxylic acids is 1. The Morgan fingerprint density at radius 1 is 1.09 bits per heavy atom. The van der Waals surface area contributed by atoms with Crippen molar-refractivity contribution >= 4 is 23.5 Å². The third-order valence-electron chi connectivity index (χ3n) is 9.33. The number of anilines is 1. The maximum Gasteiger partial charge on any atom is 0.308 e. The molecule has 0 saturated carbocycles. The summed E-state index contributed by atoms with van der Waals surface area (Å²) in [6.07, 6.45) is 4.62. The van der Waals surface area contributed by atoms with Crippen LogP contribution in [0, 0.1) is 18.7 Å². The van der Waals surface area contributed by atoms with Crippen molar-refractivity contribution in [1.82, 2.24) is 9.80 Å². The fourth-order valence-electron chi connectivity index (χ4n) is 7.11. The molecule has 2 aromatic carbocycles. The summed E-state index contributed by atoms with van der Waals surface area (Å²) in [5.41, 5.74) is 3.14. The Hall–Kier alpha value is -3.46. The SMILES string of the molecule is CCCC(CCC)N(C(=O)CN1C[C@H](c2ccc3c(c2)CCO3)C(C(=O)O)[C@@H]1CCN(CC)C(C)=O)c1ccc(F)c(C)c1. The monoisotopic (exact) mass is 609 g/mol. The number of amides is 2. The molecule has 0 aliphatic carbocycles. The van der Waals surface area contributed by atoms with Crippen LogP contribution in [0.3, 0.4) is 0 Å². The molecule has 1 unspecified atom stereocenters. The van der Waals surface area contributed by atoms with Crippen molar-refractivity contribution in [3.63, 3.8) is 0 Å². The van der Waals surface area contributed by atoms with E-state index in [-0.39, 0.29) is 36.1 Å². The minimum absolute atomic E-state index is 0.0333. The molecule has 2 aromatic rings. The number of nitrogens with zero attached hydrogens (tertiary/aromatic N) is 3. The van der Waals surface area contributed by atoms with Gasteiger partial charge in [-0.2, -0.15) is 0 Å². The highest BCUT2D eigenvalue weighted by Crippen LogP contribution is 2.41. The molecule has 2 aliphatic heterocycles. The summed E-state index contributed by atoms with van der Waals surface area (Å²) in [7, 11) is 0. The molecule has 0 aromatic heterocycles. The first-order chi connectivity index (χ1) is 21.1. The van der Waals surface area contributed by atoms with E-state index in [4.69, 9.17) is 4.74 Å². The lowest BCUT2D eigenvalue weighted by atomic mass is 9.83. The molecule has 4 rings (SSSR count). The van der Waals surface area contributed by atoms with Crippen molar-refractivity contribution in [3.8, 4) is 5.75 Å². The number of hydrogen-bond donors (Lipinski definition) is 1. The molecular weight excluding hydrogens is 561 g/mol. The lowest BCUT2D eigenvalue weighted by Gasteiger charge is -2.35. The third-order valence-corrected chi connectivity index (χ3v) is 9.33. The van der Waals surface area contributed by atoms with Gasteiger partial charge in [0, 0.05) is 56.7 Å². The average Bonchev–Trinajstić information content (AvgIpc) is 3.59. The van der Waals surface area contributed by atoms with Crippen molar-refractivity contribution in [3.05, 3.63) is 58.9 Å². The molecule has 2 heterocycles. The van der Waals surface area contributed by atoms with E-state index in [0.717, 1.165) is 49.0 Å². The summed E-state index contributed by atoms with van der Waals surface area (Å²) in [4.78, 5) is 45.1. The molecule has 240 valence electrons. The van der Waals surface area contributed by atoms with Crippen molar-refractivity contribution in [2.45, 2.75) is 91.1 Å². The number of benzene rings is 2. The topological polar surface area (TPSA) is 90.4 Å². The van der Waals surface area contributed by atoms with Crippen LogP contribution in [-0.4, -0.2) is 77.6 Å². The van der Waals surface area contributed by atoms with E-state index in [1.165, 1.54) is 13.0 Å². The molecule has 2 aliphatic rings. The zero-order chi connectivity index (χ0) is 32.0. The predicted molar refractivity (Wildman–Crippen MR) is 170 cm³/mol. The Morgan fingerprint density at radius 3 is 2.43 bits per heavy atom. The summed E-state index contributed by atoms with van der Waals surface area (Å²) in [6, 6.07) is 10.2. The molecule has 1 saturated heterocycles. The van der Waals surface area contributed by atoms with Gasteiger partial charge in [-0.3, -0.25) is 19.3 Å². The van der Waals surface area contributed by atoms with Crippen molar-refractivity contribution in [1.29, 1.82) is 0 Å². The summed E-state index contributed by atoms with van der Waals surface area (Å²) in [5.74, 6) is -1.65. The van der Waals surface area contributed by atoms with Crippen LogP contribution in [-0.2, 0) is 20.8 Å². The van der Waals surface area contributed by atoms with Gasteiger partial charge >= 0.3 is 5.97 Å². The standard InChI is InChI=1S/C35H48FN3O5/c1-6-9-27(10-7-2)39(28-12-13-30(36)23(4)19-28)33(41)22-38-21-29(25-11-14-32-26(20-25)16-18-44-32)34(35(42)43)31(38)15-17-37(8-3)24(5)40/h11-14,19-20,27,29,31,34H,6-10,15-18,21-22H2,1-5H3,(H,42,43)/t29-,31+,34?/m1/s1. The molecule has 2 amide bonds. The molecule has 0 radical (unpaired) electrons. The van der Waals surface area contributed by atoms with Crippen LogP contribution in [0.25, 0.3) is 0 Å². The van der Waals surface area contributed by atoms with E-state index in [9.17, 15) is 23.9 Å². The van der Waals surface area contributed by atoms with Crippen LogP contribution in [0.2, 0.25) is 0 Å². The van der Waals surface area contributed by atoms with Crippen molar-refractivity contribution in [2.75, 3.05) is 37.7 Å². The minimum Gasteiger partial charge on any atom is -0.493 e. The molecular formula is C35H48FN3O5. The number of carbonyl (C=O) groups is 3. The first-order valence-corrected chi connectivity index (χ1v) is 16.2. The van der Waals surface area contributed by atoms with E-state index in [0.29, 0.717) is 43.9 Å². The summed E-state index contributed by atoms with van der Waals surface area (Å²) < 4.78 is 20.0. The maximum absolute atomic E-state index is 14.4. The normalized spacial score (nSPS) is 19.6. The number of fused-ring (bicyclic) bond motifs is 1. The fraction of sp³-hybridized carbons (Fsp3) is 0.571. The zero-order valence-electron chi connectivity index (χ0n) is 26.9. The van der Waals surface area contributed by atoms with E-state index in [1.807, 2.05) is 28.9 Å². The fourth-order valence-corrected chi connectivity index (χ4v) is 7.11. The Labute approximate surface area is 261 Å². The van der Waals surface area contributed by atoms with Crippen LogP contribution < -0.4 is 9.64 Å². The van der Waals surface area contributed by atoms with E-state index >= 15 is 0 Å². The van der Waals surface area contributed by atoms with Crippen molar-refractivity contribution in [2.24, 2.45) is 5.92 Å². The van der Waals surface area contributed by atoms with Gasteiger partial charge in [0.25, 0.3) is 0 Å². The second-order valence-corrected chi connectivity index (χ2v) is 12.2. The van der Waals surface area contributed by atoms with Gasteiger partial charge in [0.2, 0.25) is 11.8 Å². The van der Waals surface area contributed by atoms with E-state index < -0.39 is 17.9 Å². The number of rotatable bonds is 14. The maximum atomic E-state index is 14.4. The van der Waals surface area contributed by atoms with Gasteiger partial charge in [-0.15, -0.1) is 0 Å². The molecule has 1 fully saturated rings. The first-order valence-electron chi connectivity index (χ1n) is 16.2. The van der Waals surface area contributed by atoms with Crippen LogP contribution in [0.5, 0.6) is 5.75 Å². The van der Waals surface area contributed by atoms with E-state index in [1.54, 1.807) is 24.0 Å². The quantitative estimate of drug-likeness (QED) is 0.291. The lowest BCUT2D eigenvalue weighted by Crippen LogP contribution is -2.48. The molecule has 44 heavy (non-hydrogen) atoms. The van der Waals surface area contributed by atoms with Gasteiger partial charge in [0.05, 0.1) is 19.1 Å². The number of hydrogen-bond acceptors (Lipinski definition) is 5. The highest BCUT2D eigenvalue weighted by Gasteiger charge is 2.47. The number of carbonyl (C=O) groups excluding carboxylic acids is 2. The predicted octanol–water partition coefficient (Wildman–Crippen LogP) is 5.80. The van der Waals surface area contributed by atoms with Gasteiger partial charge < -0.3 is 19.6 Å². The van der Waals surface area contributed by atoms with Gasteiger partial charge in [0.15, 0.2) is 0 Å². The average molecular weight is 610 g/mol. The number of halogens is 1. The first kappa shape index (κ1) is 33.4. The number of carboxylic acid groups (broad SMARTS) is 1. The minimum atomic E-state index is -0.904. The number of aliphatic carboxylic acids is 1. The molecule has 0 spiro atoms. The molecule has 1 N–H and O–H groups in total. The number of likely N-dealkylation sites (tertiary alicyclic amines) is 1. The second kappa shape index (κ2) is 15.0.